The topological polar surface area (TPSA) is 238 Å². The molecule has 2 saturated heterocycles. The van der Waals surface area contributed by atoms with E-state index in [1.165, 1.54) is 0 Å². The second kappa shape index (κ2) is 16.3. The van der Waals surface area contributed by atoms with Crippen molar-refractivity contribution < 1.29 is 80.9 Å². The first-order valence-corrected chi connectivity index (χ1v) is 13.3. The molecular formula is C26H37NO17. The van der Waals surface area contributed by atoms with Crippen molar-refractivity contribution in [3.8, 4) is 0 Å². The molecule has 44 heavy (non-hydrogen) atoms. The fraction of sp³-hybridized carbons (Fsp3) is 0.731. The minimum absolute atomic E-state index is 0.510. The molecule has 0 amide bonds. The van der Waals surface area contributed by atoms with E-state index in [0.717, 1.165) is 48.5 Å². The van der Waals surface area contributed by atoms with Crippen LogP contribution >= 0.6 is 0 Å². The highest BCUT2D eigenvalue weighted by Crippen LogP contribution is 2.34. The smallest absolute Gasteiger partial charge is 0.303 e. The van der Waals surface area contributed by atoms with E-state index in [4.69, 9.17) is 53.1 Å². The molecule has 2 aliphatic heterocycles. The van der Waals surface area contributed by atoms with Gasteiger partial charge >= 0.3 is 41.8 Å². The maximum Gasteiger partial charge on any atom is 0.303 e. The molecule has 0 saturated carbocycles. The Bertz CT molecular complexity index is 1090. The maximum absolute atomic E-state index is 12.2. The Morgan fingerprint density at radius 2 is 0.841 bits per heavy atom. The normalized spacial score (nSPS) is 31.5. The Labute approximate surface area is 251 Å². The standard InChI is InChI=1S/C26H37NO17/c1-10(28)35-8-17-20(21(38-13(4)31)23(25(27)42-17)40-15(6)33)44-26-24(41-16(7)34)22(39-14(5)32)19(37-12(3)30)18(43-26)9-36-11(2)29/h17-26H,8-9,27H2,1-7H3/t17?,18?,19-,20-,21?,22?,23+,24+,25+,26-/m0/s1. The molecule has 4 unspecified atom stereocenters. The zero-order valence-electron chi connectivity index (χ0n) is 25.2. The van der Waals surface area contributed by atoms with Crippen molar-refractivity contribution in [2.24, 2.45) is 5.73 Å². The summed E-state index contributed by atoms with van der Waals surface area (Å²) in [5.74, 6) is -5.79. The highest BCUT2D eigenvalue weighted by molar-refractivity contribution is 5.69. The molecule has 0 bridgehead atoms. The first kappa shape index (κ1) is 36.3. The first-order valence-electron chi connectivity index (χ1n) is 13.3. The SMILES string of the molecule is CC(=O)OCC1O[C@@H](O[C@H]2C(COC(C)=O)O[C@@H](N)[C@H](OC(C)=O)C2OC(C)=O)[C@H](OC(C)=O)C(OC(C)=O)[C@H]1OC(C)=O. The molecule has 0 aromatic heterocycles. The van der Waals surface area contributed by atoms with E-state index in [0.29, 0.717) is 0 Å². The molecule has 0 aromatic carbocycles. The average molecular weight is 636 g/mol. The van der Waals surface area contributed by atoms with Gasteiger partial charge in [0, 0.05) is 48.5 Å². The summed E-state index contributed by atoms with van der Waals surface area (Å²) < 4.78 is 54.8. The minimum atomic E-state index is -1.76. The monoisotopic (exact) mass is 635 g/mol. The lowest BCUT2D eigenvalue weighted by Gasteiger charge is -2.48. The third-order valence-electron chi connectivity index (χ3n) is 5.96. The van der Waals surface area contributed by atoms with Crippen LogP contribution in [0.1, 0.15) is 48.5 Å². The van der Waals surface area contributed by atoms with Gasteiger partial charge < -0.3 is 53.1 Å². The van der Waals surface area contributed by atoms with Crippen LogP contribution in [0.4, 0.5) is 0 Å². The second-order valence-corrected chi connectivity index (χ2v) is 9.76. The molecule has 0 aliphatic carbocycles. The summed E-state index contributed by atoms with van der Waals surface area (Å²) >= 11 is 0. The molecule has 18 nitrogen and oxygen atoms in total. The van der Waals surface area contributed by atoms with Gasteiger partial charge in [0.25, 0.3) is 0 Å². The Morgan fingerprint density at radius 3 is 1.27 bits per heavy atom. The van der Waals surface area contributed by atoms with Crippen LogP contribution in [0.2, 0.25) is 0 Å². The van der Waals surface area contributed by atoms with Crippen LogP contribution in [-0.2, 0) is 80.9 Å². The molecule has 248 valence electrons. The molecule has 2 N–H and O–H groups in total. The van der Waals surface area contributed by atoms with Gasteiger partial charge in [0.15, 0.2) is 36.8 Å². The number of hydrogen-bond acceptors (Lipinski definition) is 18. The van der Waals surface area contributed by atoms with Gasteiger partial charge in [-0.15, -0.1) is 0 Å². The molecule has 2 heterocycles. The highest BCUT2D eigenvalue weighted by atomic mass is 16.8. The summed E-state index contributed by atoms with van der Waals surface area (Å²) in [5, 5.41) is 0. The van der Waals surface area contributed by atoms with Crippen LogP contribution in [0.5, 0.6) is 0 Å². The van der Waals surface area contributed by atoms with Crippen molar-refractivity contribution in [2.45, 2.75) is 110 Å². The quantitative estimate of drug-likeness (QED) is 0.202. The van der Waals surface area contributed by atoms with Crippen molar-refractivity contribution >= 4 is 41.8 Å². The fourth-order valence-corrected chi connectivity index (χ4v) is 4.55. The number of rotatable bonds is 11. The predicted molar refractivity (Wildman–Crippen MR) is 137 cm³/mol. The summed E-state index contributed by atoms with van der Waals surface area (Å²) in [4.78, 5) is 83.6. The first-order chi connectivity index (χ1) is 20.5. The largest absolute Gasteiger partial charge is 0.463 e. The van der Waals surface area contributed by atoms with E-state index in [-0.39, 0.29) is 0 Å². The number of ether oxygens (including phenoxy) is 10. The van der Waals surface area contributed by atoms with E-state index in [1.807, 2.05) is 0 Å². The van der Waals surface area contributed by atoms with E-state index in [9.17, 15) is 33.6 Å². The van der Waals surface area contributed by atoms with Crippen LogP contribution in [0.3, 0.4) is 0 Å². The van der Waals surface area contributed by atoms with Crippen LogP contribution in [0.25, 0.3) is 0 Å². The molecule has 0 radical (unpaired) electrons. The van der Waals surface area contributed by atoms with E-state index in [1.54, 1.807) is 0 Å². The Morgan fingerprint density at radius 1 is 0.477 bits per heavy atom. The van der Waals surface area contributed by atoms with E-state index >= 15 is 0 Å². The van der Waals surface area contributed by atoms with E-state index < -0.39 is 116 Å². The number of nitrogens with two attached hydrogens (primary N) is 1. The molecular weight excluding hydrogens is 598 g/mol. The zero-order valence-corrected chi connectivity index (χ0v) is 25.2. The van der Waals surface area contributed by atoms with Crippen LogP contribution in [-0.4, -0.2) is 116 Å². The summed E-state index contributed by atoms with van der Waals surface area (Å²) in [6, 6.07) is 0. The average Bonchev–Trinajstić information content (AvgIpc) is 2.87. The number of carbonyl (C=O) groups excluding carboxylic acids is 7. The second-order valence-electron chi connectivity index (χ2n) is 9.76. The van der Waals surface area contributed by atoms with Crippen LogP contribution < -0.4 is 5.73 Å². The Balaban J connectivity index is 2.66. The van der Waals surface area contributed by atoms with Gasteiger partial charge in [0.05, 0.1) is 0 Å². The summed E-state index contributed by atoms with van der Waals surface area (Å²) in [6.45, 7) is 6.39. The molecule has 10 atom stereocenters. The van der Waals surface area contributed by atoms with Gasteiger partial charge in [-0.05, 0) is 0 Å². The highest BCUT2D eigenvalue weighted by Gasteiger charge is 2.57. The predicted octanol–water partition coefficient (Wildman–Crippen LogP) is -1.44. The van der Waals surface area contributed by atoms with Crippen molar-refractivity contribution in [3.05, 3.63) is 0 Å². The van der Waals surface area contributed by atoms with Crippen molar-refractivity contribution in [2.75, 3.05) is 13.2 Å². The number of esters is 7. The van der Waals surface area contributed by atoms with Gasteiger partial charge in [-0.25, -0.2) is 0 Å². The number of hydrogen-bond donors (Lipinski definition) is 1. The third kappa shape index (κ3) is 10.7. The summed E-state index contributed by atoms with van der Waals surface area (Å²) in [6.07, 6.45) is -15.1. The van der Waals surface area contributed by atoms with Crippen molar-refractivity contribution in [1.29, 1.82) is 0 Å². The summed E-state index contributed by atoms with van der Waals surface area (Å²) in [7, 11) is 0. The van der Waals surface area contributed by atoms with Gasteiger partial charge in [-0.1, -0.05) is 0 Å². The molecule has 18 heteroatoms. The minimum Gasteiger partial charge on any atom is -0.463 e. The maximum atomic E-state index is 12.2. The molecule has 2 rings (SSSR count). The lowest BCUT2D eigenvalue weighted by atomic mass is 9.95. The summed E-state index contributed by atoms with van der Waals surface area (Å²) in [5.41, 5.74) is 6.07. The molecule has 2 fully saturated rings. The van der Waals surface area contributed by atoms with Gasteiger partial charge in [-0.2, -0.15) is 0 Å². The molecule has 0 spiro atoms. The van der Waals surface area contributed by atoms with Crippen LogP contribution in [0, 0.1) is 0 Å². The van der Waals surface area contributed by atoms with Gasteiger partial charge in [-0.3, -0.25) is 33.6 Å². The van der Waals surface area contributed by atoms with Gasteiger partial charge in [0.1, 0.15) is 37.8 Å². The van der Waals surface area contributed by atoms with Gasteiger partial charge in [0.2, 0.25) is 0 Å². The lowest BCUT2D eigenvalue weighted by molar-refractivity contribution is -0.344. The van der Waals surface area contributed by atoms with Crippen LogP contribution in [0.15, 0.2) is 0 Å². The molecule has 0 aromatic rings. The lowest BCUT2D eigenvalue weighted by Crippen LogP contribution is -2.68. The number of carbonyl (C=O) groups is 7. The van der Waals surface area contributed by atoms with Crippen molar-refractivity contribution in [1.82, 2.24) is 0 Å². The Hall–Kier alpha value is -3.87. The Kier molecular flexibility index (Phi) is 13.4. The van der Waals surface area contributed by atoms with Crippen molar-refractivity contribution in [3.63, 3.8) is 0 Å². The van der Waals surface area contributed by atoms with E-state index in [2.05, 4.69) is 0 Å². The zero-order chi connectivity index (χ0) is 33.3. The molecule has 2 aliphatic rings. The fourth-order valence-electron chi connectivity index (χ4n) is 4.55. The third-order valence-corrected chi connectivity index (χ3v) is 5.96.